The Balaban J connectivity index is 0.00000113. The van der Waals surface area contributed by atoms with E-state index in [4.69, 9.17) is 0 Å². The average Bonchev–Trinajstić information content (AvgIpc) is 3.35. The van der Waals surface area contributed by atoms with E-state index in [1.807, 2.05) is 11.8 Å². The van der Waals surface area contributed by atoms with Gasteiger partial charge >= 0.3 is 11.9 Å². The molecule has 1 aromatic carbocycles. The number of rotatable bonds is 3. The molecule has 2 N–H and O–H groups in total. The quantitative estimate of drug-likeness (QED) is 0.353. The van der Waals surface area contributed by atoms with Crippen molar-refractivity contribution in [3.63, 3.8) is 0 Å². The number of aliphatic carboxylic acids is 1. The van der Waals surface area contributed by atoms with Gasteiger partial charge in [0.1, 0.15) is 0 Å². The number of carbonyl (C=O) groups is 3. The molecule has 1 heterocycles. The number of piperidine rings is 1. The molecule has 230 valence electrons. The fourth-order valence-electron chi connectivity index (χ4n) is 11.8. The van der Waals surface area contributed by atoms with Crippen LogP contribution < -0.4 is 4.90 Å². The van der Waals surface area contributed by atoms with Crippen LogP contribution in [0, 0.1) is 45.3 Å². The van der Waals surface area contributed by atoms with Gasteiger partial charge in [0.15, 0.2) is 0 Å². The lowest BCUT2D eigenvalue weighted by Gasteiger charge is -2.72. The van der Waals surface area contributed by atoms with Crippen LogP contribution in [0.5, 0.6) is 0 Å². The van der Waals surface area contributed by atoms with Gasteiger partial charge in [0.05, 0.1) is 11.0 Å². The highest BCUT2D eigenvalue weighted by Gasteiger charge is 2.71. The van der Waals surface area contributed by atoms with Gasteiger partial charge in [0.2, 0.25) is 5.91 Å². The van der Waals surface area contributed by atoms with Gasteiger partial charge in [-0.2, -0.15) is 0 Å². The fraction of sp³-hybridized carbons (Fsp3) is 0.694. The molecule has 4 saturated carbocycles. The number of hydrogen-bond acceptors (Lipinski definition) is 3. The van der Waals surface area contributed by atoms with E-state index < -0.39 is 22.9 Å². The van der Waals surface area contributed by atoms with Crippen LogP contribution in [-0.4, -0.2) is 33.6 Å². The van der Waals surface area contributed by atoms with Crippen LogP contribution in [0.25, 0.3) is 0 Å². The predicted molar refractivity (Wildman–Crippen MR) is 165 cm³/mol. The summed E-state index contributed by atoms with van der Waals surface area (Å²) in [5.41, 5.74) is 0.129. The maximum absolute atomic E-state index is 14.0. The maximum atomic E-state index is 14.0. The van der Waals surface area contributed by atoms with Crippen molar-refractivity contribution in [3.05, 3.63) is 42.5 Å². The second-order valence-corrected chi connectivity index (χ2v) is 15.4. The third-order valence-corrected chi connectivity index (χ3v) is 13.6. The topological polar surface area (TPSA) is 94.9 Å². The number of benzene rings is 1. The van der Waals surface area contributed by atoms with Gasteiger partial charge in [-0.25, -0.2) is 4.79 Å². The summed E-state index contributed by atoms with van der Waals surface area (Å²) in [7, 11) is 0. The summed E-state index contributed by atoms with van der Waals surface area (Å²) in [5, 5.41) is 19.7. The first kappa shape index (κ1) is 30.8. The number of amides is 1. The Morgan fingerprint density at radius 1 is 0.857 bits per heavy atom. The third-order valence-electron chi connectivity index (χ3n) is 13.6. The average molecular weight is 578 g/mol. The van der Waals surface area contributed by atoms with Gasteiger partial charge in [-0.3, -0.25) is 9.59 Å². The van der Waals surface area contributed by atoms with Crippen LogP contribution in [0.3, 0.4) is 0 Å². The van der Waals surface area contributed by atoms with Crippen LogP contribution in [0.15, 0.2) is 36.9 Å². The zero-order chi connectivity index (χ0) is 30.9. The largest absolute Gasteiger partial charge is 0.481 e. The van der Waals surface area contributed by atoms with Gasteiger partial charge < -0.3 is 15.1 Å². The lowest BCUT2D eigenvalue weighted by Crippen LogP contribution is -2.70. The molecule has 4 aliphatic carbocycles. The van der Waals surface area contributed by atoms with Crippen molar-refractivity contribution in [3.8, 4) is 0 Å². The Hall–Kier alpha value is -2.63. The van der Waals surface area contributed by atoms with Crippen molar-refractivity contribution in [1.82, 2.24) is 0 Å². The first-order chi connectivity index (χ1) is 19.6. The predicted octanol–water partition coefficient (Wildman–Crippen LogP) is 8.21. The second kappa shape index (κ2) is 10.2. The second-order valence-electron chi connectivity index (χ2n) is 15.4. The molecule has 42 heavy (non-hydrogen) atoms. The third kappa shape index (κ3) is 4.06. The SMILES string of the molecule is C=CC.CC12CC(=O)N(c3ccc(C(=O)O)cc3)C(C)(C)C1CCC1(C)C2CCC2[C@H]3CCCC3(C(=O)O)CC[C@]21C. The van der Waals surface area contributed by atoms with Gasteiger partial charge in [0.25, 0.3) is 0 Å². The van der Waals surface area contributed by atoms with E-state index in [-0.39, 0.29) is 33.6 Å². The Labute approximate surface area is 251 Å². The summed E-state index contributed by atoms with van der Waals surface area (Å²) in [6.07, 6.45) is 11.3. The molecular weight excluding hydrogens is 526 g/mol. The minimum atomic E-state index is -0.963. The molecule has 6 heteroatoms. The number of allylic oxidation sites excluding steroid dienone is 1. The number of nitrogens with zero attached hydrogens (tertiary/aromatic N) is 1. The summed E-state index contributed by atoms with van der Waals surface area (Å²) in [6, 6.07) is 6.75. The summed E-state index contributed by atoms with van der Waals surface area (Å²) in [5.74, 6) is 0.0778. The Morgan fingerprint density at radius 2 is 1.50 bits per heavy atom. The van der Waals surface area contributed by atoms with E-state index >= 15 is 0 Å². The van der Waals surface area contributed by atoms with Crippen molar-refractivity contribution in [2.45, 2.75) is 111 Å². The van der Waals surface area contributed by atoms with Crippen LogP contribution in [0.4, 0.5) is 5.69 Å². The molecule has 0 radical (unpaired) electrons. The van der Waals surface area contributed by atoms with Crippen molar-refractivity contribution < 1.29 is 24.6 Å². The first-order valence-corrected chi connectivity index (χ1v) is 16.1. The molecule has 1 amide bonds. The van der Waals surface area contributed by atoms with Gasteiger partial charge in [0, 0.05) is 17.6 Å². The summed E-state index contributed by atoms with van der Waals surface area (Å²) >= 11 is 0. The molecule has 6 rings (SSSR count). The Bertz CT molecular complexity index is 1270. The first-order valence-electron chi connectivity index (χ1n) is 16.1. The van der Waals surface area contributed by atoms with Crippen molar-refractivity contribution in [2.75, 3.05) is 4.90 Å². The minimum Gasteiger partial charge on any atom is -0.481 e. The normalized spacial score (nSPS) is 41.7. The number of hydrogen-bond donors (Lipinski definition) is 2. The number of carboxylic acids is 2. The number of aromatic carboxylic acids is 1. The molecule has 6 unspecified atom stereocenters. The van der Waals surface area contributed by atoms with Crippen LogP contribution in [-0.2, 0) is 9.59 Å². The van der Waals surface area contributed by atoms with Gasteiger partial charge in [-0.05, 0) is 136 Å². The van der Waals surface area contributed by atoms with Crippen LogP contribution >= 0.6 is 0 Å². The highest BCUT2D eigenvalue weighted by molar-refractivity contribution is 5.97. The van der Waals surface area contributed by atoms with E-state index in [1.165, 1.54) is 0 Å². The molecule has 8 atom stereocenters. The van der Waals surface area contributed by atoms with Crippen LogP contribution in [0.1, 0.15) is 116 Å². The fourth-order valence-corrected chi connectivity index (χ4v) is 11.8. The molecule has 6 nitrogen and oxygen atoms in total. The zero-order valence-corrected chi connectivity index (χ0v) is 26.5. The Kier molecular flexibility index (Phi) is 7.51. The Morgan fingerprint density at radius 3 is 2.10 bits per heavy atom. The number of carboxylic acid groups (broad SMARTS) is 2. The highest BCUT2D eigenvalue weighted by Crippen LogP contribution is 2.76. The molecule has 0 aromatic heterocycles. The van der Waals surface area contributed by atoms with E-state index in [1.54, 1.807) is 30.3 Å². The highest BCUT2D eigenvalue weighted by atomic mass is 16.4. The van der Waals surface area contributed by atoms with Crippen molar-refractivity contribution >= 4 is 23.5 Å². The summed E-state index contributed by atoms with van der Waals surface area (Å²) < 4.78 is 0. The molecule has 1 aliphatic heterocycles. The standard InChI is InChI=1S/C33H45NO5.C3H6/c1-29(2)24-14-16-32(5)25(13-12-22-23-7-6-15-33(23,28(38)39)18-17-31(22,32)4)30(24,3)19-26(35)34(29)21-10-8-20(9-11-21)27(36)37;1-3-2/h8-11,22-25H,6-7,12-19H2,1-5H3,(H,36,37)(H,38,39);3H,1H2,2H3/t22?,23-,24?,25?,30?,31-,32?,33?;/m1./s1. The molecule has 1 saturated heterocycles. The summed E-state index contributed by atoms with van der Waals surface area (Å²) in [6.45, 7) is 17.0. The lowest BCUT2D eigenvalue weighted by molar-refractivity contribution is -0.227. The van der Waals surface area contributed by atoms with Crippen LogP contribution in [0.2, 0.25) is 0 Å². The molecule has 5 fully saturated rings. The smallest absolute Gasteiger partial charge is 0.335 e. The minimum absolute atomic E-state index is 0.0795. The van der Waals surface area contributed by atoms with Crippen molar-refractivity contribution in [1.29, 1.82) is 0 Å². The monoisotopic (exact) mass is 577 g/mol. The maximum Gasteiger partial charge on any atom is 0.335 e. The molecule has 5 aliphatic rings. The summed E-state index contributed by atoms with van der Waals surface area (Å²) in [4.78, 5) is 40.0. The number of carbonyl (C=O) groups excluding carboxylic acids is 1. The van der Waals surface area contributed by atoms with Gasteiger partial charge in [-0.15, -0.1) is 6.58 Å². The molecule has 1 aromatic rings. The van der Waals surface area contributed by atoms with Gasteiger partial charge in [-0.1, -0.05) is 33.3 Å². The number of anilines is 1. The van der Waals surface area contributed by atoms with E-state index in [9.17, 15) is 24.6 Å². The molecular formula is C36H51NO5. The lowest BCUT2D eigenvalue weighted by atomic mass is 9.33. The van der Waals surface area contributed by atoms with E-state index in [0.29, 0.717) is 24.2 Å². The molecule has 0 bridgehead atoms. The molecule has 0 spiro atoms. The number of fused-ring (bicyclic) bond motifs is 7. The zero-order valence-electron chi connectivity index (χ0n) is 26.5. The van der Waals surface area contributed by atoms with E-state index in [2.05, 4.69) is 41.2 Å². The van der Waals surface area contributed by atoms with E-state index in [0.717, 1.165) is 63.5 Å². The van der Waals surface area contributed by atoms with Crippen molar-refractivity contribution in [2.24, 2.45) is 45.3 Å².